The van der Waals surface area contributed by atoms with Crippen LogP contribution < -0.4 is 20.1 Å². The third kappa shape index (κ3) is 7.97. The predicted octanol–water partition coefficient (Wildman–Crippen LogP) is 3.59. The summed E-state index contributed by atoms with van der Waals surface area (Å²) < 4.78 is 11.2. The van der Waals surface area contributed by atoms with E-state index in [1.54, 1.807) is 0 Å². The summed E-state index contributed by atoms with van der Waals surface area (Å²) in [6.45, 7) is 10.1. The molecule has 1 aliphatic rings. The number of ether oxygens (including phenoxy) is 2. The number of halogens is 1. The van der Waals surface area contributed by atoms with Crippen molar-refractivity contribution in [2.75, 3.05) is 32.8 Å². The van der Waals surface area contributed by atoms with E-state index in [0.717, 1.165) is 36.6 Å². The van der Waals surface area contributed by atoms with Crippen LogP contribution in [-0.4, -0.2) is 38.8 Å². The van der Waals surface area contributed by atoms with Crippen molar-refractivity contribution in [2.45, 2.75) is 46.5 Å². The van der Waals surface area contributed by atoms with Gasteiger partial charge in [-0.05, 0) is 75.7 Å². The minimum absolute atomic E-state index is 0. The summed E-state index contributed by atoms with van der Waals surface area (Å²) in [5.74, 6) is 2.75. The minimum Gasteiger partial charge on any atom is -0.490 e. The fourth-order valence-corrected chi connectivity index (χ4v) is 3.49. The van der Waals surface area contributed by atoms with Crippen LogP contribution in [0.2, 0.25) is 0 Å². The zero-order valence-corrected chi connectivity index (χ0v) is 17.7. The van der Waals surface area contributed by atoms with Crippen molar-refractivity contribution >= 4 is 18.3 Å². The van der Waals surface area contributed by atoms with Gasteiger partial charge in [0.05, 0.1) is 13.2 Å². The molecule has 1 amide bonds. The van der Waals surface area contributed by atoms with Crippen LogP contribution in [0.1, 0.15) is 45.6 Å². The molecule has 0 aliphatic carbocycles. The molecule has 1 aromatic carbocycles. The summed E-state index contributed by atoms with van der Waals surface area (Å²) in [6, 6.07) is 6.00. The standard InChI is InChI=1S/C21H34N2O3.ClH/c1-4-25-19-9-8-17(14-20(19)26-5-2)10-12-23-21(24)13-16(3)18-7-6-11-22-15-18;/h8-9,14,16,18,22H,4-7,10-13,15H2,1-3H3,(H,23,24);1H. The zero-order valence-electron chi connectivity index (χ0n) is 16.9. The fraction of sp³-hybridized carbons (Fsp3) is 0.667. The SMILES string of the molecule is CCOc1ccc(CCNC(=O)CC(C)C2CCCNC2)cc1OCC.Cl. The van der Waals surface area contributed by atoms with E-state index in [1.807, 2.05) is 32.0 Å². The molecule has 6 heteroatoms. The average molecular weight is 399 g/mol. The largest absolute Gasteiger partial charge is 0.490 e. The van der Waals surface area contributed by atoms with Crippen molar-refractivity contribution in [3.05, 3.63) is 23.8 Å². The number of nitrogens with one attached hydrogen (secondary N) is 2. The van der Waals surface area contributed by atoms with Gasteiger partial charge in [-0.2, -0.15) is 0 Å². The Morgan fingerprint density at radius 2 is 2.00 bits per heavy atom. The van der Waals surface area contributed by atoms with Gasteiger partial charge in [-0.15, -0.1) is 12.4 Å². The van der Waals surface area contributed by atoms with E-state index in [4.69, 9.17) is 9.47 Å². The Labute approximate surface area is 170 Å². The lowest BCUT2D eigenvalue weighted by atomic mass is 9.85. The lowest BCUT2D eigenvalue weighted by Crippen LogP contribution is -2.36. The molecule has 0 aromatic heterocycles. The maximum atomic E-state index is 12.2. The second-order valence-corrected chi connectivity index (χ2v) is 7.03. The number of carbonyl (C=O) groups is 1. The number of benzene rings is 1. The van der Waals surface area contributed by atoms with Gasteiger partial charge in [0.15, 0.2) is 11.5 Å². The summed E-state index contributed by atoms with van der Waals surface area (Å²) in [5.41, 5.74) is 1.14. The highest BCUT2D eigenvalue weighted by Gasteiger charge is 2.21. The first kappa shape index (κ1) is 23.6. The molecule has 0 radical (unpaired) electrons. The first-order valence-corrected chi connectivity index (χ1v) is 10.00. The topological polar surface area (TPSA) is 59.6 Å². The van der Waals surface area contributed by atoms with E-state index in [1.165, 1.54) is 12.8 Å². The zero-order chi connectivity index (χ0) is 18.8. The molecule has 0 spiro atoms. The monoisotopic (exact) mass is 398 g/mol. The van der Waals surface area contributed by atoms with Gasteiger partial charge in [-0.1, -0.05) is 13.0 Å². The molecular weight excluding hydrogens is 364 g/mol. The van der Waals surface area contributed by atoms with Crippen LogP contribution in [0.25, 0.3) is 0 Å². The van der Waals surface area contributed by atoms with Crippen LogP contribution in [0.15, 0.2) is 18.2 Å². The van der Waals surface area contributed by atoms with E-state index in [0.29, 0.717) is 38.0 Å². The molecule has 1 saturated heterocycles. The van der Waals surface area contributed by atoms with Gasteiger partial charge in [-0.25, -0.2) is 0 Å². The van der Waals surface area contributed by atoms with Crippen LogP contribution in [0.4, 0.5) is 0 Å². The van der Waals surface area contributed by atoms with Crippen molar-refractivity contribution < 1.29 is 14.3 Å². The van der Waals surface area contributed by atoms with E-state index in [-0.39, 0.29) is 18.3 Å². The Bertz CT molecular complexity index is 562. The average Bonchev–Trinajstić information content (AvgIpc) is 2.65. The summed E-state index contributed by atoms with van der Waals surface area (Å²) in [5, 5.41) is 6.49. The quantitative estimate of drug-likeness (QED) is 0.632. The second kappa shape index (κ2) is 12.8. The van der Waals surface area contributed by atoms with Gasteiger partial charge < -0.3 is 20.1 Å². The molecule has 27 heavy (non-hydrogen) atoms. The summed E-state index contributed by atoms with van der Waals surface area (Å²) in [7, 11) is 0. The molecule has 2 unspecified atom stereocenters. The van der Waals surface area contributed by atoms with Crippen molar-refractivity contribution in [1.82, 2.24) is 10.6 Å². The maximum Gasteiger partial charge on any atom is 0.220 e. The van der Waals surface area contributed by atoms with Gasteiger partial charge >= 0.3 is 0 Å². The number of hydrogen-bond acceptors (Lipinski definition) is 4. The molecule has 5 nitrogen and oxygen atoms in total. The molecule has 2 atom stereocenters. The Hall–Kier alpha value is -1.46. The molecule has 0 saturated carbocycles. The Balaban J connectivity index is 0.00000364. The van der Waals surface area contributed by atoms with Gasteiger partial charge in [-0.3, -0.25) is 4.79 Å². The summed E-state index contributed by atoms with van der Waals surface area (Å²) in [6.07, 6.45) is 3.85. The number of hydrogen-bond donors (Lipinski definition) is 2. The molecule has 2 N–H and O–H groups in total. The van der Waals surface area contributed by atoms with Gasteiger partial charge in [0.1, 0.15) is 0 Å². The smallest absolute Gasteiger partial charge is 0.220 e. The van der Waals surface area contributed by atoms with Gasteiger partial charge in [0.25, 0.3) is 0 Å². The van der Waals surface area contributed by atoms with E-state index >= 15 is 0 Å². The van der Waals surface area contributed by atoms with E-state index < -0.39 is 0 Å². The summed E-state index contributed by atoms with van der Waals surface area (Å²) in [4.78, 5) is 12.2. The fourth-order valence-electron chi connectivity index (χ4n) is 3.49. The number of piperidine rings is 1. The third-order valence-electron chi connectivity index (χ3n) is 4.99. The number of amides is 1. The van der Waals surface area contributed by atoms with E-state index in [2.05, 4.69) is 17.6 Å². The maximum absolute atomic E-state index is 12.2. The Kier molecular flexibility index (Phi) is 11.2. The van der Waals surface area contributed by atoms with Crippen molar-refractivity contribution in [2.24, 2.45) is 11.8 Å². The first-order valence-electron chi connectivity index (χ1n) is 10.00. The minimum atomic E-state index is 0. The van der Waals surface area contributed by atoms with Crippen LogP contribution >= 0.6 is 12.4 Å². The molecule has 1 heterocycles. The third-order valence-corrected chi connectivity index (χ3v) is 4.99. The molecule has 0 bridgehead atoms. The Morgan fingerprint density at radius 3 is 2.67 bits per heavy atom. The molecule has 1 aliphatic heterocycles. The van der Waals surface area contributed by atoms with Gasteiger partial charge in [0.2, 0.25) is 5.91 Å². The molecule has 2 rings (SSSR count). The van der Waals surface area contributed by atoms with Crippen LogP contribution in [-0.2, 0) is 11.2 Å². The van der Waals surface area contributed by atoms with Crippen LogP contribution in [0, 0.1) is 11.8 Å². The predicted molar refractivity (Wildman–Crippen MR) is 112 cm³/mol. The Morgan fingerprint density at radius 1 is 1.26 bits per heavy atom. The van der Waals surface area contributed by atoms with Gasteiger partial charge in [0, 0.05) is 13.0 Å². The molecule has 154 valence electrons. The first-order chi connectivity index (χ1) is 12.6. The molecule has 1 fully saturated rings. The molecular formula is C21H35ClN2O3. The van der Waals surface area contributed by atoms with E-state index in [9.17, 15) is 4.79 Å². The van der Waals surface area contributed by atoms with Crippen molar-refractivity contribution in [1.29, 1.82) is 0 Å². The normalized spacial score (nSPS) is 17.5. The summed E-state index contributed by atoms with van der Waals surface area (Å²) >= 11 is 0. The lowest BCUT2D eigenvalue weighted by molar-refractivity contribution is -0.122. The van der Waals surface area contributed by atoms with Crippen LogP contribution in [0.3, 0.4) is 0 Å². The highest BCUT2D eigenvalue weighted by Crippen LogP contribution is 2.28. The van der Waals surface area contributed by atoms with Crippen molar-refractivity contribution in [3.8, 4) is 11.5 Å². The number of rotatable bonds is 10. The van der Waals surface area contributed by atoms with Crippen LogP contribution in [0.5, 0.6) is 11.5 Å². The highest BCUT2D eigenvalue weighted by molar-refractivity contribution is 5.85. The molecule has 1 aromatic rings. The van der Waals surface area contributed by atoms with Crippen molar-refractivity contribution in [3.63, 3.8) is 0 Å². The lowest BCUT2D eigenvalue weighted by Gasteiger charge is -2.28. The second-order valence-electron chi connectivity index (χ2n) is 7.03. The number of carbonyl (C=O) groups excluding carboxylic acids is 1. The highest BCUT2D eigenvalue weighted by atomic mass is 35.5.